The minimum atomic E-state index is 0.574. The Bertz CT molecular complexity index is 2880. The molecule has 50 heavy (non-hydrogen) atoms. The third kappa shape index (κ3) is 3.82. The van der Waals surface area contributed by atoms with Crippen LogP contribution in [0.15, 0.2) is 164 Å². The van der Waals surface area contributed by atoms with E-state index in [-0.39, 0.29) is 0 Å². The zero-order valence-electron chi connectivity index (χ0n) is 26.7. The number of rotatable bonds is 4. The highest BCUT2D eigenvalue weighted by Crippen LogP contribution is 2.37. The van der Waals surface area contributed by atoms with E-state index in [0.717, 1.165) is 76.8 Å². The Balaban J connectivity index is 1.14. The first kappa shape index (κ1) is 27.0. The minimum Gasteiger partial charge on any atom is -0.317 e. The Kier molecular flexibility index (Phi) is 5.54. The molecule has 234 valence electrons. The fraction of sp³-hybridized carbons (Fsp3) is 0. The van der Waals surface area contributed by atoms with Crippen LogP contribution in [0.25, 0.3) is 88.7 Å². The first-order valence-corrected chi connectivity index (χ1v) is 16.7. The molecule has 0 N–H and O–H groups in total. The summed E-state index contributed by atoms with van der Waals surface area (Å²) in [6.07, 6.45) is 5.91. The maximum atomic E-state index is 5.22. The van der Waals surface area contributed by atoms with E-state index in [4.69, 9.17) is 15.0 Å². The lowest BCUT2D eigenvalue weighted by atomic mass is 10.1. The Morgan fingerprint density at radius 1 is 0.360 bits per heavy atom. The van der Waals surface area contributed by atoms with Gasteiger partial charge in [-0.1, -0.05) is 72.8 Å². The van der Waals surface area contributed by atoms with E-state index in [1.165, 1.54) is 0 Å². The molecule has 0 aliphatic heterocycles. The summed E-state index contributed by atoms with van der Waals surface area (Å²) in [5, 5.41) is 6.88. The highest BCUT2D eigenvalue weighted by atomic mass is 15.3. The Labute approximate surface area is 285 Å². The van der Waals surface area contributed by atoms with Gasteiger partial charge in [-0.15, -0.1) is 0 Å². The molecule has 0 spiro atoms. The van der Waals surface area contributed by atoms with Crippen molar-refractivity contribution in [2.75, 3.05) is 0 Å². The molecule has 5 aromatic heterocycles. The summed E-state index contributed by atoms with van der Waals surface area (Å²) < 4.78 is 8.83. The van der Waals surface area contributed by atoms with E-state index < -0.39 is 0 Å². The van der Waals surface area contributed by atoms with Crippen LogP contribution in [0.3, 0.4) is 0 Å². The molecule has 0 aliphatic rings. The molecule has 0 bridgehead atoms. The smallest absolute Gasteiger partial charge is 0.239 e. The van der Waals surface area contributed by atoms with Crippen molar-refractivity contribution >= 4 is 65.4 Å². The summed E-state index contributed by atoms with van der Waals surface area (Å²) in [5.74, 6) is 1.15. The fourth-order valence-corrected chi connectivity index (χ4v) is 7.75. The third-order valence-electron chi connectivity index (χ3n) is 9.98. The zero-order valence-corrected chi connectivity index (χ0v) is 26.7. The molecular weight excluding hydrogens is 615 g/mol. The first-order valence-electron chi connectivity index (χ1n) is 16.7. The summed E-state index contributed by atoms with van der Waals surface area (Å²) in [6.45, 7) is 0. The van der Waals surface area contributed by atoms with Gasteiger partial charge in [-0.25, -0.2) is 9.97 Å². The molecule has 5 heterocycles. The zero-order chi connectivity index (χ0) is 32.8. The number of hydrogen-bond acceptors (Lipinski definition) is 3. The molecule has 0 saturated carbocycles. The molecule has 0 saturated heterocycles. The van der Waals surface area contributed by atoms with Crippen LogP contribution in [-0.4, -0.2) is 33.2 Å². The van der Waals surface area contributed by atoms with Crippen LogP contribution in [0.2, 0.25) is 0 Å². The summed E-state index contributed by atoms with van der Waals surface area (Å²) >= 11 is 0. The Morgan fingerprint density at radius 2 is 0.800 bits per heavy atom. The van der Waals surface area contributed by atoms with Crippen LogP contribution in [0.5, 0.6) is 0 Å². The number of fused-ring (bicyclic) bond motifs is 8. The van der Waals surface area contributed by atoms with Gasteiger partial charge in [0.1, 0.15) is 6.33 Å². The van der Waals surface area contributed by atoms with Crippen molar-refractivity contribution in [3.05, 3.63) is 164 Å². The van der Waals surface area contributed by atoms with Gasteiger partial charge >= 0.3 is 0 Å². The second-order valence-electron chi connectivity index (χ2n) is 12.7. The topological polar surface area (TPSA) is 58.4 Å². The highest BCUT2D eigenvalue weighted by Gasteiger charge is 2.20. The third-order valence-corrected chi connectivity index (χ3v) is 9.98. The SMILES string of the molecule is c1ccc(-n2ccc3cc4c(cc32)c2ccccc2n4-c2ncnc(-n3c4ccccc4c4cc5c(ccn5-c5ccccc5)cc43)n2)cc1. The molecule has 0 unspecified atom stereocenters. The molecule has 0 aliphatic carbocycles. The van der Waals surface area contributed by atoms with Gasteiger partial charge < -0.3 is 9.13 Å². The van der Waals surface area contributed by atoms with Gasteiger partial charge in [0.2, 0.25) is 11.9 Å². The van der Waals surface area contributed by atoms with Crippen molar-refractivity contribution in [1.82, 2.24) is 33.2 Å². The predicted octanol–water partition coefficient (Wildman–Crippen LogP) is 9.95. The van der Waals surface area contributed by atoms with Crippen LogP contribution in [0.4, 0.5) is 0 Å². The molecule has 0 fully saturated rings. The number of aromatic nitrogens is 7. The van der Waals surface area contributed by atoms with Crippen LogP contribution in [0.1, 0.15) is 0 Å². The van der Waals surface area contributed by atoms with E-state index >= 15 is 0 Å². The Hall–Kier alpha value is -6.99. The molecule has 6 aromatic carbocycles. The number of benzene rings is 6. The fourth-order valence-electron chi connectivity index (χ4n) is 7.75. The quantitative estimate of drug-likeness (QED) is 0.192. The van der Waals surface area contributed by atoms with Gasteiger partial charge in [-0.3, -0.25) is 9.13 Å². The lowest BCUT2D eigenvalue weighted by molar-refractivity contribution is 0.886. The van der Waals surface area contributed by atoms with Gasteiger partial charge in [0.15, 0.2) is 0 Å². The van der Waals surface area contributed by atoms with E-state index in [2.05, 4.69) is 164 Å². The molecule has 0 radical (unpaired) electrons. The maximum Gasteiger partial charge on any atom is 0.239 e. The maximum absolute atomic E-state index is 5.22. The summed E-state index contributed by atoms with van der Waals surface area (Å²) in [6, 6.07) is 51.3. The van der Waals surface area contributed by atoms with Crippen molar-refractivity contribution < 1.29 is 0 Å². The van der Waals surface area contributed by atoms with E-state index in [0.29, 0.717) is 11.9 Å². The average molecular weight is 642 g/mol. The number of para-hydroxylation sites is 4. The lowest BCUT2D eigenvalue weighted by Crippen LogP contribution is -2.07. The molecular formula is C43H27N7. The van der Waals surface area contributed by atoms with Crippen LogP contribution in [-0.2, 0) is 0 Å². The molecule has 0 atom stereocenters. The molecule has 7 nitrogen and oxygen atoms in total. The van der Waals surface area contributed by atoms with Gasteiger partial charge in [0.25, 0.3) is 0 Å². The van der Waals surface area contributed by atoms with E-state index in [1.807, 2.05) is 12.1 Å². The van der Waals surface area contributed by atoms with Crippen molar-refractivity contribution in [3.8, 4) is 23.3 Å². The second-order valence-corrected chi connectivity index (χ2v) is 12.7. The van der Waals surface area contributed by atoms with Crippen LogP contribution >= 0.6 is 0 Å². The number of hydrogen-bond donors (Lipinski definition) is 0. The van der Waals surface area contributed by atoms with Crippen molar-refractivity contribution in [2.24, 2.45) is 0 Å². The van der Waals surface area contributed by atoms with Gasteiger partial charge in [0, 0.05) is 56.1 Å². The molecule has 0 amide bonds. The van der Waals surface area contributed by atoms with Crippen molar-refractivity contribution in [1.29, 1.82) is 0 Å². The summed E-state index contributed by atoms with van der Waals surface area (Å²) in [5.41, 5.74) is 8.76. The van der Waals surface area contributed by atoms with Gasteiger partial charge in [-0.2, -0.15) is 4.98 Å². The predicted molar refractivity (Wildman–Crippen MR) is 202 cm³/mol. The van der Waals surface area contributed by atoms with Crippen LogP contribution < -0.4 is 0 Å². The molecule has 11 rings (SSSR count). The average Bonchev–Trinajstić information content (AvgIpc) is 3.94. The molecule has 7 heteroatoms. The van der Waals surface area contributed by atoms with Crippen molar-refractivity contribution in [2.45, 2.75) is 0 Å². The molecule has 11 aromatic rings. The van der Waals surface area contributed by atoms with Crippen molar-refractivity contribution in [3.63, 3.8) is 0 Å². The van der Waals surface area contributed by atoms with Crippen LogP contribution in [0, 0.1) is 0 Å². The Morgan fingerprint density at radius 3 is 1.28 bits per heavy atom. The minimum absolute atomic E-state index is 0.574. The summed E-state index contributed by atoms with van der Waals surface area (Å²) in [4.78, 5) is 14.8. The van der Waals surface area contributed by atoms with E-state index in [9.17, 15) is 0 Å². The second kappa shape index (κ2) is 10.3. The van der Waals surface area contributed by atoms with Gasteiger partial charge in [0.05, 0.1) is 33.1 Å². The largest absolute Gasteiger partial charge is 0.317 e. The normalized spacial score (nSPS) is 12.0. The standard InChI is InChI=1S/C43H27N7/c1-3-11-30(12-4-1)47-21-19-28-23-40-34(25-38(28)47)32-15-7-9-17-36(32)49(40)42-44-27-45-43(46-42)50-37-18-10-8-16-33(37)35-26-39-29(24-41(35)50)20-22-48(39)31-13-5-2-6-14-31/h1-27H. The lowest BCUT2D eigenvalue weighted by Gasteiger charge is -2.10. The summed E-state index contributed by atoms with van der Waals surface area (Å²) in [7, 11) is 0. The monoisotopic (exact) mass is 641 g/mol. The highest BCUT2D eigenvalue weighted by molar-refractivity contribution is 6.14. The first-order chi connectivity index (χ1) is 24.8. The van der Waals surface area contributed by atoms with Gasteiger partial charge in [-0.05, 0) is 72.8 Å². The van der Waals surface area contributed by atoms with E-state index in [1.54, 1.807) is 6.33 Å². The number of nitrogens with zero attached hydrogens (tertiary/aromatic N) is 7.